The number of halogens is 6. The van der Waals surface area contributed by atoms with E-state index in [0.717, 1.165) is 12.8 Å². The molecule has 2 aromatic heterocycles. The fourth-order valence-electron chi connectivity index (χ4n) is 8.48. The quantitative estimate of drug-likeness (QED) is 0.0139. The molecule has 0 bridgehead atoms. The number of carboxylic acids is 2. The minimum atomic E-state index is -4.91. The van der Waals surface area contributed by atoms with Crippen LogP contribution in [0.3, 0.4) is 0 Å². The van der Waals surface area contributed by atoms with E-state index in [9.17, 15) is 103 Å². The number of unbranched alkanes of at least 4 members (excludes halogenated alkanes) is 2. The molecule has 0 unspecified atom stereocenters. The summed E-state index contributed by atoms with van der Waals surface area (Å²) in [5, 5.41) is 67.6. The van der Waals surface area contributed by atoms with Crippen LogP contribution in [0.2, 0.25) is 0 Å². The number of carboxylic acid groups (broad SMARTS) is 2. The zero-order valence-corrected chi connectivity index (χ0v) is 56.1. The third-order valence-corrected chi connectivity index (χ3v) is 15.5. The Morgan fingerprint density at radius 3 is 1.12 bits per heavy atom. The Morgan fingerprint density at radius 1 is 0.515 bits per heavy atom. The van der Waals surface area contributed by atoms with Crippen molar-refractivity contribution in [3.8, 4) is 23.5 Å². The van der Waals surface area contributed by atoms with Gasteiger partial charge >= 0.3 is 30.3 Å². The number of sulfonamides is 2. The largest absolute Gasteiger partial charge is 0.481 e. The van der Waals surface area contributed by atoms with Gasteiger partial charge < -0.3 is 44.3 Å². The average Bonchev–Trinajstić information content (AvgIpc) is 0.782. The number of rotatable bonds is 30. The highest BCUT2D eigenvalue weighted by atomic mass is 32.2. The van der Waals surface area contributed by atoms with Crippen LogP contribution < -0.4 is 48.8 Å². The molecule has 0 spiro atoms. The van der Waals surface area contributed by atoms with Crippen LogP contribution in [0, 0.1) is 40.5 Å². The number of alkyl halides is 6. The molecule has 101 heavy (non-hydrogen) atoms. The van der Waals surface area contributed by atoms with Crippen molar-refractivity contribution in [1.29, 1.82) is 0 Å². The molecule has 0 fully saturated rings. The van der Waals surface area contributed by atoms with Gasteiger partial charge in [0.25, 0.3) is 28.7 Å². The molecule has 0 aliphatic heterocycles. The number of nitrogens with one attached hydrogen (secondary N) is 4. The molecule has 4 aromatic carbocycles. The van der Waals surface area contributed by atoms with Crippen molar-refractivity contribution < 1.29 is 111 Å². The highest BCUT2D eigenvalue weighted by Gasteiger charge is 2.41. The summed E-state index contributed by atoms with van der Waals surface area (Å²) in [6, 6.07) is 14.2. The van der Waals surface area contributed by atoms with Crippen molar-refractivity contribution in [2.45, 2.75) is 77.2 Å². The lowest BCUT2D eigenvalue weighted by atomic mass is 10.1. The van der Waals surface area contributed by atoms with Crippen LogP contribution in [0.5, 0.6) is 23.5 Å². The van der Waals surface area contributed by atoms with Gasteiger partial charge in [-0.15, -0.1) is 0 Å². The van der Waals surface area contributed by atoms with Crippen molar-refractivity contribution in [3.05, 3.63) is 159 Å². The number of carbonyl (C=O) groups excluding carboxylic acids is 2. The van der Waals surface area contributed by atoms with Crippen molar-refractivity contribution in [2.75, 3.05) is 81.6 Å². The highest BCUT2D eigenvalue weighted by Crippen LogP contribution is 2.45. The van der Waals surface area contributed by atoms with Gasteiger partial charge in [0.15, 0.2) is 11.4 Å². The Labute approximate surface area is 569 Å². The number of aromatic carboxylic acids is 2. The maximum Gasteiger partial charge on any atom is 0.416 e. The molecule has 6 rings (SSSR count). The molecule has 0 aliphatic rings. The first kappa shape index (κ1) is 83.6. The van der Waals surface area contributed by atoms with E-state index in [1.165, 1.54) is 98.9 Å². The van der Waals surface area contributed by atoms with Crippen molar-refractivity contribution in [1.82, 2.24) is 29.4 Å². The van der Waals surface area contributed by atoms with Crippen LogP contribution in [-0.2, 0) is 48.7 Å². The smallest absolute Gasteiger partial charge is 0.416 e. The van der Waals surface area contributed by atoms with E-state index in [1.54, 1.807) is 18.6 Å². The molecular weight excluding hydrogens is 1410 g/mol. The van der Waals surface area contributed by atoms with Crippen LogP contribution in [0.25, 0.3) is 0 Å². The van der Waals surface area contributed by atoms with E-state index in [-0.39, 0.29) is 95.2 Å². The molecule has 44 heteroatoms. The molecule has 3 amide bonds. The second kappa shape index (κ2) is 37.9. The Kier molecular flexibility index (Phi) is 31.4. The standard InChI is InChI=1S/C16H18N4O7S.C15H16N4O7S.2C13H16F3N3O4/c1-26-13-7-14(27-2)19-16(18-13)17-8-12(21)20-28(24,25)9-10-5-3-4-6-11(10)15(22)23;1-25-11-7-12(26-2)17-14(16-11)18-15(22)19-27(23,24)8-9-5-3-4-6-10(9)13(20)21;2*1-3-5-6-17(4-2)12-10(18(20)21)7-9(13(14,15)16)8-11(12)19(22)23/h3-7H,8-9H2,1-2H3,(H,20,21)(H,22,23)(H,17,18,19);3-7H,8H2,1-2H3,(H,20,21)(H2,16,17,18,19,22);2*7-8H,3-6H2,1-2H3. The van der Waals surface area contributed by atoms with Crippen molar-refractivity contribution >= 4 is 89.9 Å². The normalized spacial score (nSPS) is 11.0. The second-order valence-electron chi connectivity index (χ2n) is 20.0. The Balaban J connectivity index is 0.000000352. The van der Waals surface area contributed by atoms with E-state index in [4.69, 9.17) is 29.2 Å². The van der Waals surface area contributed by atoms with E-state index in [2.05, 4.69) is 30.6 Å². The van der Waals surface area contributed by atoms with E-state index < -0.39 is 128 Å². The van der Waals surface area contributed by atoms with E-state index in [0.29, 0.717) is 37.1 Å². The number of benzene rings is 4. The molecular formula is C57H66F6N14O22S2. The summed E-state index contributed by atoms with van der Waals surface area (Å²) in [7, 11) is -2.83. The molecule has 2 heterocycles. The van der Waals surface area contributed by atoms with E-state index in [1.807, 2.05) is 18.6 Å². The molecule has 6 aromatic rings. The number of anilines is 4. The number of amides is 3. The first-order valence-electron chi connectivity index (χ1n) is 29.0. The number of ether oxygens (including phenoxy) is 4. The summed E-state index contributed by atoms with van der Waals surface area (Å²) in [6.45, 7) is 7.49. The monoisotopic (exact) mass is 1480 g/mol. The van der Waals surface area contributed by atoms with E-state index >= 15 is 0 Å². The summed E-state index contributed by atoms with van der Waals surface area (Å²) in [5.41, 5.74) is -7.48. The maximum atomic E-state index is 12.8. The fourth-order valence-corrected chi connectivity index (χ4v) is 10.7. The summed E-state index contributed by atoms with van der Waals surface area (Å²) in [5.74, 6) is -4.46. The first-order chi connectivity index (χ1) is 47.2. The molecule has 36 nitrogen and oxygen atoms in total. The Hall–Kier alpha value is -11.6. The lowest BCUT2D eigenvalue weighted by molar-refractivity contribution is -0.393. The number of urea groups is 1. The molecule has 550 valence electrons. The van der Waals surface area contributed by atoms with Gasteiger partial charge in [0.2, 0.25) is 55.5 Å². The zero-order chi connectivity index (χ0) is 76.3. The summed E-state index contributed by atoms with van der Waals surface area (Å²) >= 11 is 0. The topological polar surface area (TPSA) is 493 Å². The average molecular weight is 1480 g/mol. The van der Waals surface area contributed by atoms with Crippen LogP contribution in [0.4, 0.5) is 77.2 Å². The predicted molar refractivity (Wildman–Crippen MR) is 346 cm³/mol. The van der Waals surface area contributed by atoms with Gasteiger partial charge in [-0.3, -0.25) is 55.3 Å². The number of hydrogen-bond acceptors (Lipinski definition) is 27. The molecule has 0 saturated heterocycles. The van der Waals surface area contributed by atoms with Gasteiger partial charge in [-0.2, -0.15) is 46.3 Å². The summed E-state index contributed by atoms with van der Waals surface area (Å²) < 4.78 is 149. The van der Waals surface area contributed by atoms with Crippen molar-refractivity contribution in [2.24, 2.45) is 0 Å². The number of aromatic nitrogens is 4. The second-order valence-corrected chi connectivity index (χ2v) is 23.5. The zero-order valence-electron chi connectivity index (χ0n) is 54.5. The molecule has 0 atom stereocenters. The number of nitrogens with zero attached hydrogens (tertiary/aromatic N) is 10. The molecule has 0 aliphatic carbocycles. The van der Waals surface area contributed by atoms with Crippen LogP contribution in [-0.4, -0.2) is 152 Å². The lowest BCUT2D eigenvalue weighted by Crippen LogP contribution is -2.36. The van der Waals surface area contributed by atoms with Gasteiger partial charge in [-0.05, 0) is 49.9 Å². The Bertz CT molecular complexity index is 3980. The van der Waals surface area contributed by atoms with Crippen LogP contribution in [0.15, 0.2) is 84.9 Å². The lowest BCUT2D eigenvalue weighted by Gasteiger charge is -2.23. The van der Waals surface area contributed by atoms with Gasteiger partial charge in [0, 0.05) is 50.4 Å². The number of nitro benzene ring substituents is 4. The summed E-state index contributed by atoms with van der Waals surface area (Å²) in [6.07, 6.45) is -7.15. The predicted octanol–water partition coefficient (Wildman–Crippen LogP) is 9.39. The minimum absolute atomic E-state index is 0.0000271. The van der Waals surface area contributed by atoms with Gasteiger partial charge in [0.05, 0.1) is 101 Å². The van der Waals surface area contributed by atoms with Gasteiger partial charge in [-0.1, -0.05) is 63.1 Å². The fraction of sp³-hybridized carbons (Fsp3) is 0.368. The first-order valence-corrected chi connectivity index (χ1v) is 32.3. The van der Waals surface area contributed by atoms with Gasteiger partial charge in [-0.25, -0.2) is 35.9 Å². The SMILES string of the molecule is CCCCN(CC)c1c([N+](=O)[O-])cc(C(F)(F)F)cc1[N+](=O)[O-].CCCCN(CC)c1c([N+](=O)[O-])cc(C(F)(F)F)cc1[N+](=O)[O-].COc1cc(OC)nc(NC(=O)NS(=O)(=O)Cc2ccccc2C(=O)O)n1.COc1cc(OC)nc(NCC(=O)NS(=O)(=O)Cc2ccccc2C(=O)O)n1. The number of nitro groups is 4. The molecule has 0 radical (unpaired) electrons. The van der Waals surface area contributed by atoms with Gasteiger partial charge in [0.1, 0.15) is 0 Å². The maximum absolute atomic E-state index is 12.8. The Morgan fingerprint density at radius 2 is 0.832 bits per heavy atom. The third-order valence-electron chi connectivity index (χ3n) is 13.1. The molecule has 0 saturated carbocycles. The number of methoxy groups -OCH3 is 4. The van der Waals surface area contributed by atoms with Crippen LogP contribution in [0.1, 0.15) is 96.3 Å². The van der Waals surface area contributed by atoms with Crippen molar-refractivity contribution in [3.63, 3.8) is 0 Å². The summed E-state index contributed by atoms with van der Waals surface area (Å²) in [4.78, 5) is 105. The highest BCUT2D eigenvalue weighted by molar-refractivity contribution is 7.89. The van der Waals surface area contributed by atoms with Crippen LogP contribution >= 0.6 is 0 Å². The number of carbonyl (C=O) groups is 4. The number of hydrogen-bond donors (Lipinski definition) is 6. The molecule has 6 N–H and O–H groups in total. The third kappa shape index (κ3) is 26.0. The minimum Gasteiger partial charge on any atom is -0.481 e.